The van der Waals surface area contributed by atoms with Crippen LogP contribution in [0, 0.1) is 5.92 Å². The Morgan fingerprint density at radius 1 is 1.35 bits per heavy atom. The second-order valence-electron chi connectivity index (χ2n) is 5.75. The number of anilines is 2. The summed E-state index contributed by atoms with van der Waals surface area (Å²) in [6.45, 7) is 6.09. The molecule has 2 rings (SSSR count). The van der Waals surface area contributed by atoms with Crippen molar-refractivity contribution in [1.29, 1.82) is 0 Å². The number of hydrogen-bond donors (Lipinski definition) is 1. The third kappa shape index (κ3) is 3.57. The Bertz CT molecular complexity index is 428. The van der Waals surface area contributed by atoms with Crippen molar-refractivity contribution < 1.29 is 4.74 Å². The molecule has 1 heterocycles. The van der Waals surface area contributed by atoms with Gasteiger partial charge in [0.15, 0.2) is 0 Å². The molecule has 112 valence electrons. The van der Waals surface area contributed by atoms with Crippen LogP contribution in [0.5, 0.6) is 5.75 Å². The van der Waals surface area contributed by atoms with E-state index in [-0.39, 0.29) is 0 Å². The molecule has 1 aromatic rings. The van der Waals surface area contributed by atoms with Gasteiger partial charge in [-0.2, -0.15) is 0 Å². The van der Waals surface area contributed by atoms with Gasteiger partial charge in [0, 0.05) is 13.6 Å². The number of nitrogens with zero attached hydrogens (tertiary/aromatic N) is 2. The van der Waals surface area contributed by atoms with Crippen molar-refractivity contribution in [3.63, 3.8) is 0 Å². The number of nitrogen functional groups attached to an aromatic ring is 1. The molecule has 4 heteroatoms. The Kier molecular flexibility index (Phi) is 5.12. The lowest BCUT2D eigenvalue weighted by Gasteiger charge is -2.33. The first-order valence-electron chi connectivity index (χ1n) is 7.52. The van der Waals surface area contributed by atoms with Crippen molar-refractivity contribution in [1.82, 2.24) is 4.90 Å². The normalized spacial score (nSPS) is 17.1. The van der Waals surface area contributed by atoms with Crippen LogP contribution in [-0.2, 0) is 0 Å². The van der Waals surface area contributed by atoms with E-state index in [0.717, 1.165) is 29.6 Å². The number of benzene rings is 1. The van der Waals surface area contributed by atoms with Gasteiger partial charge < -0.3 is 20.3 Å². The molecule has 0 unspecified atom stereocenters. The highest BCUT2D eigenvalue weighted by Gasteiger charge is 2.19. The van der Waals surface area contributed by atoms with Crippen LogP contribution >= 0.6 is 0 Å². The summed E-state index contributed by atoms with van der Waals surface area (Å²) in [5.41, 5.74) is 8.06. The lowest BCUT2D eigenvalue weighted by Crippen LogP contribution is -2.35. The molecule has 1 aromatic carbocycles. The van der Waals surface area contributed by atoms with Gasteiger partial charge in [0.05, 0.1) is 18.0 Å². The number of likely N-dealkylation sites (tertiary alicyclic amines) is 1. The predicted molar refractivity (Wildman–Crippen MR) is 85.5 cm³/mol. The summed E-state index contributed by atoms with van der Waals surface area (Å²) >= 11 is 0. The van der Waals surface area contributed by atoms with Crippen LogP contribution in [0.25, 0.3) is 0 Å². The molecular weight excluding hydrogens is 250 g/mol. The summed E-state index contributed by atoms with van der Waals surface area (Å²) in [5, 5.41) is 0. The molecule has 0 atom stereocenters. The van der Waals surface area contributed by atoms with E-state index in [0.29, 0.717) is 6.61 Å². The van der Waals surface area contributed by atoms with Crippen molar-refractivity contribution in [2.24, 2.45) is 5.92 Å². The lowest BCUT2D eigenvalue weighted by atomic mass is 9.96. The third-order valence-corrected chi connectivity index (χ3v) is 4.12. The maximum atomic E-state index is 6.22. The van der Waals surface area contributed by atoms with Crippen LogP contribution in [0.1, 0.15) is 19.8 Å². The fourth-order valence-corrected chi connectivity index (χ4v) is 2.88. The molecule has 4 nitrogen and oxygen atoms in total. The number of hydrogen-bond acceptors (Lipinski definition) is 4. The molecule has 0 saturated carbocycles. The van der Waals surface area contributed by atoms with Gasteiger partial charge in [0.1, 0.15) is 5.75 Å². The van der Waals surface area contributed by atoms with Crippen LogP contribution in [0.3, 0.4) is 0 Å². The standard InChI is InChI=1S/C16H27N3O/c1-4-20-15-7-5-6-14(16(15)17)19(3)12-13-8-10-18(2)11-9-13/h5-7,13H,4,8-12,17H2,1-3H3. The molecule has 20 heavy (non-hydrogen) atoms. The Morgan fingerprint density at radius 2 is 2.05 bits per heavy atom. The van der Waals surface area contributed by atoms with E-state index in [2.05, 4.69) is 30.0 Å². The zero-order valence-corrected chi connectivity index (χ0v) is 12.9. The summed E-state index contributed by atoms with van der Waals surface area (Å²) in [6, 6.07) is 6.03. The Hall–Kier alpha value is -1.42. The van der Waals surface area contributed by atoms with Crippen molar-refractivity contribution in [3.05, 3.63) is 18.2 Å². The number of rotatable bonds is 5. The van der Waals surface area contributed by atoms with E-state index in [1.165, 1.54) is 25.9 Å². The van der Waals surface area contributed by atoms with Gasteiger partial charge >= 0.3 is 0 Å². The summed E-state index contributed by atoms with van der Waals surface area (Å²) in [5.74, 6) is 1.55. The molecule has 0 amide bonds. The van der Waals surface area contributed by atoms with Gasteiger partial charge in [-0.1, -0.05) is 6.07 Å². The summed E-state index contributed by atoms with van der Waals surface area (Å²) in [4.78, 5) is 4.68. The summed E-state index contributed by atoms with van der Waals surface area (Å²) in [6.07, 6.45) is 2.54. The van der Waals surface area contributed by atoms with Crippen LogP contribution < -0.4 is 15.4 Å². The SMILES string of the molecule is CCOc1cccc(N(C)CC2CCN(C)CC2)c1N. The number of para-hydroxylation sites is 1. The number of nitrogens with two attached hydrogens (primary N) is 1. The second-order valence-corrected chi connectivity index (χ2v) is 5.75. The van der Waals surface area contributed by atoms with Gasteiger partial charge in [-0.3, -0.25) is 0 Å². The third-order valence-electron chi connectivity index (χ3n) is 4.12. The molecule has 1 aliphatic heterocycles. The minimum atomic E-state index is 0.645. The number of piperidine rings is 1. The van der Waals surface area contributed by atoms with Gasteiger partial charge in [0.2, 0.25) is 0 Å². The van der Waals surface area contributed by atoms with Crippen molar-refractivity contribution in [2.45, 2.75) is 19.8 Å². The molecular formula is C16H27N3O. The van der Waals surface area contributed by atoms with Crippen LogP contribution in [-0.4, -0.2) is 45.2 Å². The van der Waals surface area contributed by atoms with E-state index >= 15 is 0 Å². The average Bonchev–Trinajstić information content (AvgIpc) is 2.44. The molecule has 0 bridgehead atoms. The maximum absolute atomic E-state index is 6.22. The first-order chi connectivity index (χ1) is 9.61. The molecule has 2 N–H and O–H groups in total. The summed E-state index contributed by atoms with van der Waals surface area (Å²) < 4.78 is 5.57. The minimum absolute atomic E-state index is 0.645. The molecule has 1 fully saturated rings. The monoisotopic (exact) mass is 277 g/mol. The fourth-order valence-electron chi connectivity index (χ4n) is 2.88. The smallest absolute Gasteiger partial charge is 0.144 e. The highest BCUT2D eigenvalue weighted by molar-refractivity contribution is 5.73. The van der Waals surface area contributed by atoms with E-state index < -0.39 is 0 Å². The van der Waals surface area contributed by atoms with E-state index in [9.17, 15) is 0 Å². The second kappa shape index (κ2) is 6.84. The first-order valence-corrected chi connectivity index (χ1v) is 7.52. The summed E-state index contributed by atoms with van der Waals surface area (Å²) in [7, 11) is 4.32. The van der Waals surface area contributed by atoms with Gasteiger partial charge in [-0.15, -0.1) is 0 Å². The van der Waals surface area contributed by atoms with Crippen molar-refractivity contribution in [2.75, 3.05) is 51.0 Å². The number of ether oxygens (including phenoxy) is 1. The molecule has 0 spiro atoms. The highest BCUT2D eigenvalue weighted by atomic mass is 16.5. The minimum Gasteiger partial charge on any atom is -0.492 e. The maximum Gasteiger partial charge on any atom is 0.144 e. The van der Waals surface area contributed by atoms with E-state index in [1.54, 1.807) is 0 Å². The zero-order valence-electron chi connectivity index (χ0n) is 12.9. The topological polar surface area (TPSA) is 41.7 Å². The highest BCUT2D eigenvalue weighted by Crippen LogP contribution is 2.32. The molecule has 0 aromatic heterocycles. The van der Waals surface area contributed by atoms with E-state index in [1.807, 2.05) is 19.1 Å². The first kappa shape index (κ1) is 15.0. The van der Waals surface area contributed by atoms with Crippen LogP contribution in [0.15, 0.2) is 18.2 Å². The van der Waals surface area contributed by atoms with Gasteiger partial charge in [0.25, 0.3) is 0 Å². The Balaban J connectivity index is 2.01. The van der Waals surface area contributed by atoms with E-state index in [4.69, 9.17) is 10.5 Å². The zero-order chi connectivity index (χ0) is 14.5. The molecule has 0 radical (unpaired) electrons. The van der Waals surface area contributed by atoms with Gasteiger partial charge in [-0.25, -0.2) is 0 Å². The Morgan fingerprint density at radius 3 is 2.70 bits per heavy atom. The molecule has 1 aliphatic rings. The molecule has 1 saturated heterocycles. The quantitative estimate of drug-likeness (QED) is 0.839. The van der Waals surface area contributed by atoms with Gasteiger partial charge in [-0.05, 0) is 58.0 Å². The fraction of sp³-hybridized carbons (Fsp3) is 0.625. The average molecular weight is 277 g/mol. The van der Waals surface area contributed by atoms with Crippen molar-refractivity contribution in [3.8, 4) is 5.75 Å². The Labute approximate surface area is 122 Å². The lowest BCUT2D eigenvalue weighted by molar-refractivity contribution is 0.222. The van der Waals surface area contributed by atoms with Crippen molar-refractivity contribution >= 4 is 11.4 Å². The largest absolute Gasteiger partial charge is 0.492 e. The van der Waals surface area contributed by atoms with Crippen LogP contribution in [0.2, 0.25) is 0 Å². The molecule has 0 aliphatic carbocycles. The predicted octanol–water partition coefficient (Wildman–Crippen LogP) is 2.45. The van der Waals surface area contributed by atoms with Crippen LogP contribution in [0.4, 0.5) is 11.4 Å².